The lowest BCUT2D eigenvalue weighted by atomic mass is 9.46. The largest absolute Gasteiger partial charge is 0.480 e. The van der Waals surface area contributed by atoms with Crippen LogP contribution in [0.4, 0.5) is 0 Å². The molecule has 0 aliphatic heterocycles. The van der Waals surface area contributed by atoms with Crippen molar-refractivity contribution in [2.75, 3.05) is 6.61 Å². The summed E-state index contributed by atoms with van der Waals surface area (Å²) < 4.78 is 5.20. The molecule has 40 heavy (non-hydrogen) atoms. The Morgan fingerprint density at radius 1 is 1.05 bits per heavy atom. The summed E-state index contributed by atoms with van der Waals surface area (Å²) in [5, 5.41) is 23.6. The first-order valence-electron chi connectivity index (χ1n) is 14.9. The zero-order valence-electron chi connectivity index (χ0n) is 24.3. The average Bonchev–Trinajstić information content (AvgIpc) is 3.20. The molecular weight excluding hydrogens is 514 g/mol. The highest BCUT2D eigenvalue weighted by atomic mass is 16.5. The number of carboxylic acid groups (broad SMARTS) is 1. The molecule has 0 aromatic carbocycles. The number of hydrogen-bond donors (Lipinski definition) is 3. The molecule has 0 saturated heterocycles. The molecule has 0 heterocycles. The highest BCUT2D eigenvalue weighted by Crippen LogP contribution is 2.67. The van der Waals surface area contributed by atoms with Gasteiger partial charge in [0.1, 0.15) is 11.6 Å². The van der Waals surface area contributed by atoms with Gasteiger partial charge in [-0.1, -0.05) is 39.7 Å². The zero-order chi connectivity index (χ0) is 29.5. The van der Waals surface area contributed by atoms with E-state index in [4.69, 9.17) is 4.74 Å². The van der Waals surface area contributed by atoms with Gasteiger partial charge >= 0.3 is 11.9 Å². The zero-order valence-corrected chi connectivity index (χ0v) is 24.3. The van der Waals surface area contributed by atoms with E-state index in [0.29, 0.717) is 37.5 Å². The fraction of sp³-hybridized carbons (Fsp3) is 0.774. The van der Waals surface area contributed by atoms with Crippen LogP contribution >= 0.6 is 0 Å². The maximum Gasteiger partial charge on any atom is 0.326 e. The second-order valence-corrected chi connectivity index (χ2v) is 13.2. The van der Waals surface area contributed by atoms with E-state index in [1.807, 2.05) is 19.9 Å². The van der Waals surface area contributed by atoms with Gasteiger partial charge in [-0.25, -0.2) is 4.79 Å². The van der Waals surface area contributed by atoms with Gasteiger partial charge in [0.25, 0.3) is 0 Å². The van der Waals surface area contributed by atoms with Gasteiger partial charge in [0.2, 0.25) is 11.7 Å². The maximum atomic E-state index is 13.4. The van der Waals surface area contributed by atoms with Crippen LogP contribution in [0.3, 0.4) is 0 Å². The van der Waals surface area contributed by atoms with Crippen LogP contribution in [0.2, 0.25) is 0 Å². The van der Waals surface area contributed by atoms with Crippen LogP contribution < -0.4 is 5.32 Å². The smallest absolute Gasteiger partial charge is 0.326 e. The Morgan fingerprint density at radius 3 is 2.42 bits per heavy atom. The van der Waals surface area contributed by atoms with Gasteiger partial charge in [0, 0.05) is 18.3 Å². The number of allylic oxidation sites excluding steroid dienone is 1. The summed E-state index contributed by atoms with van der Waals surface area (Å²) in [6.45, 7) is 7.31. The van der Waals surface area contributed by atoms with Crippen molar-refractivity contribution >= 4 is 29.4 Å². The van der Waals surface area contributed by atoms with Crippen LogP contribution in [-0.2, 0) is 28.7 Å². The van der Waals surface area contributed by atoms with Crippen LogP contribution in [0.1, 0.15) is 98.3 Å². The maximum absolute atomic E-state index is 13.4. The van der Waals surface area contributed by atoms with Crippen LogP contribution in [-0.4, -0.2) is 57.9 Å². The fourth-order valence-electron chi connectivity index (χ4n) is 8.52. The number of amides is 1. The first-order chi connectivity index (χ1) is 18.8. The number of aliphatic hydroxyl groups is 1. The molecule has 3 N–H and O–H groups in total. The molecule has 0 spiro atoms. The van der Waals surface area contributed by atoms with E-state index < -0.39 is 47.3 Å². The van der Waals surface area contributed by atoms with E-state index in [0.717, 1.165) is 32.1 Å². The number of rotatable bonds is 10. The van der Waals surface area contributed by atoms with E-state index in [2.05, 4.69) is 12.2 Å². The third kappa shape index (κ3) is 5.26. The summed E-state index contributed by atoms with van der Waals surface area (Å²) >= 11 is 0. The first-order valence-corrected chi connectivity index (χ1v) is 14.9. The van der Waals surface area contributed by atoms with Gasteiger partial charge in [-0.3, -0.25) is 19.2 Å². The van der Waals surface area contributed by atoms with E-state index in [-0.39, 0.29) is 35.9 Å². The van der Waals surface area contributed by atoms with Gasteiger partial charge in [-0.05, 0) is 80.1 Å². The predicted octanol–water partition coefficient (Wildman–Crippen LogP) is 3.76. The van der Waals surface area contributed by atoms with E-state index in [1.54, 1.807) is 6.92 Å². The molecule has 4 aliphatic rings. The monoisotopic (exact) mass is 559 g/mol. The van der Waals surface area contributed by atoms with Crippen LogP contribution in [0, 0.1) is 34.5 Å². The fourth-order valence-corrected chi connectivity index (χ4v) is 8.52. The van der Waals surface area contributed by atoms with Gasteiger partial charge in [0.15, 0.2) is 12.4 Å². The van der Waals surface area contributed by atoms with Crippen molar-refractivity contribution < 1.29 is 38.9 Å². The van der Waals surface area contributed by atoms with Crippen molar-refractivity contribution in [2.24, 2.45) is 34.5 Å². The highest BCUT2D eigenvalue weighted by Gasteiger charge is 2.66. The Morgan fingerprint density at radius 2 is 1.75 bits per heavy atom. The number of hydrogen-bond acceptors (Lipinski definition) is 7. The van der Waals surface area contributed by atoms with Crippen molar-refractivity contribution in [3.05, 3.63) is 11.6 Å². The topological polar surface area (TPSA) is 147 Å². The molecule has 4 aliphatic carbocycles. The van der Waals surface area contributed by atoms with E-state index in [1.165, 1.54) is 5.57 Å². The number of fused-ring (bicyclic) bond motifs is 5. The number of nitrogens with one attached hydrogen (secondary N) is 1. The minimum atomic E-state index is -1.58. The molecule has 9 nitrogen and oxygen atoms in total. The number of carboxylic acids is 1. The first kappa shape index (κ1) is 30.4. The van der Waals surface area contributed by atoms with Gasteiger partial charge < -0.3 is 20.3 Å². The van der Waals surface area contributed by atoms with E-state index >= 15 is 0 Å². The standard InChI is InChI=1S/C31H45NO8/c1-5-18(2)27(28(37)38)32-25(35)8-9-26(36)40-17-24(34)31(39)15-12-23-21-7-6-19-16-20(33)10-13-29(19,3)22(21)11-14-30(23,31)4/h16,18,21-23,27,39H,5-15,17H2,1-4H3,(H,32,35)(H,37,38)/t18-,21-,22+,23+,27-,29-,30-,31-/m0/s1. The summed E-state index contributed by atoms with van der Waals surface area (Å²) in [4.78, 5) is 61.4. The number of ether oxygens (including phenoxy) is 1. The number of esters is 1. The molecule has 9 heteroatoms. The van der Waals surface area contributed by atoms with Crippen LogP contribution in [0.25, 0.3) is 0 Å². The van der Waals surface area contributed by atoms with Gasteiger partial charge in [0.05, 0.1) is 6.42 Å². The number of aliphatic carboxylic acids is 1. The third-order valence-electron chi connectivity index (χ3n) is 11.3. The number of carbonyl (C=O) groups excluding carboxylic acids is 4. The molecule has 0 aromatic rings. The summed E-state index contributed by atoms with van der Waals surface area (Å²) in [6, 6.07) is -1.04. The lowest BCUT2D eigenvalue weighted by Crippen LogP contribution is -2.58. The Bertz CT molecular complexity index is 1100. The molecule has 8 atom stereocenters. The summed E-state index contributed by atoms with van der Waals surface area (Å²) in [5.41, 5.74) is -0.910. The quantitative estimate of drug-likeness (QED) is 0.343. The van der Waals surface area contributed by atoms with Crippen LogP contribution in [0.5, 0.6) is 0 Å². The predicted molar refractivity (Wildman–Crippen MR) is 146 cm³/mol. The third-order valence-corrected chi connectivity index (χ3v) is 11.3. The highest BCUT2D eigenvalue weighted by molar-refractivity contribution is 5.92. The molecule has 0 unspecified atom stereocenters. The normalized spacial score (nSPS) is 36.3. The molecule has 3 saturated carbocycles. The van der Waals surface area contributed by atoms with Crippen molar-refractivity contribution in [1.82, 2.24) is 5.32 Å². The minimum Gasteiger partial charge on any atom is -0.480 e. The SMILES string of the molecule is CC[C@H](C)[C@H](NC(=O)CCC(=O)OCC(=O)[C@@]1(O)CC[C@@H]2[C@H]3CCC4=CC(=O)CC[C@]4(C)[C@@H]3CC[C@@]21C)C(=O)O. The number of carbonyl (C=O) groups is 5. The summed E-state index contributed by atoms with van der Waals surface area (Å²) in [6.07, 6.45) is 7.87. The van der Waals surface area contributed by atoms with Gasteiger partial charge in [-0.2, -0.15) is 0 Å². The molecule has 1 amide bonds. The molecule has 0 bridgehead atoms. The van der Waals surface area contributed by atoms with Crippen LogP contribution in [0.15, 0.2) is 11.6 Å². The Kier molecular flexibility index (Phi) is 8.65. The van der Waals surface area contributed by atoms with Crippen molar-refractivity contribution in [3.63, 3.8) is 0 Å². The van der Waals surface area contributed by atoms with Gasteiger partial charge in [-0.15, -0.1) is 0 Å². The second-order valence-electron chi connectivity index (χ2n) is 13.2. The second kappa shape index (κ2) is 11.4. The molecule has 3 fully saturated rings. The van der Waals surface area contributed by atoms with Crippen molar-refractivity contribution in [3.8, 4) is 0 Å². The Labute approximate surface area is 236 Å². The Balaban J connectivity index is 1.33. The molecule has 0 aromatic heterocycles. The summed E-state index contributed by atoms with van der Waals surface area (Å²) in [5.74, 6) is -1.99. The summed E-state index contributed by atoms with van der Waals surface area (Å²) in [7, 11) is 0. The lowest BCUT2D eigenvalue weighted by Gasteiger charge is -2.58. The molecule has 222 valence electrons. The Hall–Kier alpha value is -2.55. The van der Waals surface area contributed by atoms with E-state index in [9.17, 15) is 34.2 Å². The molecule has 0 radical (unpaired) electrons. The average molecular weight is 560 g/mol. The minimum absolute atomic E-state index is 0.00373. The number of Topliss-reactive ketones (excluding diaryl/α,β-unsaturated/α-hetero) is 1. The van der Waals surface area contributed by atoms with Crippen molar-refractivity contribution in [1.29, 1.82) is 0 Å². The number of ketones is 2. The van der Waals surface area contributed by atoms with Crippen molar-refractivity contribution in [2.45, 2.75) is 110 Å². The molecule has 4 rings (SSSR count). The lowest BCUT2D eigenvalue weighted by molar-refractivity contribution is -0.170. The molecular formula is C31H45NO8.